The van der Waals surface area contributed by atoms with Crippen LogP contribution in [0.1, 0.15) is 19.8 Å². The van der Waals surface area contributed by atoms with Crippen LogP contribution in [0, 0.1) is 0 Å². The fourth-order valence-corrected chi connectivity index (χ4v) is 3.95. The summed E-state index contributed by atoms with van der Waals surface area (Å²) in [6, 6.07) is 8.10. The van der Waals surface area contributed by atoms with Crippen molar-refractivity contribution >= 4 is 11.5 Å². The number of aryl methyl sites for hydroxylation is 1. The van der Waals surface area contributed by atoms with Crippen molar-refractivity contribution in [3.05, 3.63) is 45.1 Å². The molecule has 0 amide bonds. The monoisotopic (exact) mass is 448 g/mol. The quantitative estimate of drug-likeness (QED) is 0.521. The van der Waals surface area contributed by atoms with Crippen molar-refractivity contribution in [2.45, 2.75) is 32.9 Å². The molecule has 3 rings (SSSR count). The molecule has 1 N–H and O–H groups in total. The second kappa shape index (κ2) is 11.7. The number of hydrogen-bond acceptors (Lipinski definition) is 7. The van der Waals surface area contributed by atoms with Gasteiger partial charge in [-0.3, -0.25) is 14.3 Å². The number of anilines is 2. The van der Waals surface area contributed by atoms with Crippen molar-refractivity contribution < 1.29 is 9.13 Å². The second-order valence-corrected chi connectivity index (χ2v) is 7.73. The Kier molecular flexibility index (Phi) is 8.66. The Labute approximate surface area is 187 Å². The topological polar surface area (TPSA) is 84.6 Å². The third-order valence-corrected chi connectivity index (χ3v) is 5.72. The van der Waals surface area contributed by atoms with Crippen molar-refractivity contribution in [3.8, 4) is 5.75 Å². The summed E-state index contributed by atoms with van der Waals surface area (Å²) >= 11 is 0. The van der Waals surface area contributed by atoms with Crippen LogP contribution in [0.5, 0.6) is 5.75 Å². The first kappa shape index (κ1) is 23.8. The number of nitrogens with one attached hydrogen (secondary N) is 1. The Morgan fingerprint density at radius 2 is 1.84 bits per heavy atom. The number of piperazine rings is 1. The summed E-state index contributed by atoms with van der Waals surface area (Å²) in [5, 5.41) is 7.03. The predicted molar refractivity (Wildman–Crippen MR) is 124 cm³/mol. The number of ether oxygens (including phenoxy) is 1. The van der Waals surface area contributed by atoms with Gasteiger partial charge in [-0.05, 0) is 38.4 Å². The first-order valence-corrected chi connectivity index (χ1v) is 11.2. The molecule has 1 aliphatic heterocycles. The molecule has 0 aliphatic carbocycles. The van der Waals surface area contributed by atoms with Gasteiger partial charge < -0.3 is 15.0 Å². The van der Waals surface area contributed by atoms with E-state index in [1.807, 2.05) is 18.2 Å². The first-order valence-electron chi connectivity index (χ1n) is 11.2. The molecule has 0 radical (unpaired) electrons. The smallest absolute Gasteiger partial charge is 0.347 e. The van der Waals surface area contributed by atoms with E-state index < -0.39 is 17.9 Å². The Morgan fingerprint density at radius 3 is 2.53 bits per heavy atom. The van der Waals surface area contributed by atoms with Gasteiger partial charge in [0.2, 0.25) is 5.82 Å². The lowest BCUT2D eigenvalue weighted by Gasteiger charge is -2.36. The molecule has 1 aliphatic rings. The average Bonchev–Trinajstić information content (AvgIpc) is 2.82. The lowest BCUT2D eigenvalue weighted by molar-refractivity contribution is 0.253. The summed E-state index contributed by atoms with van der Waals surface area (Å²) in [4.78, 5) is 29.3. The van der Waals surface area contributed by atoms with Crippen LogP contribution in [0.2, 0.25) is 0 Å². The van der Waals surface area contributed by atoms with Crippen molar-refractivity contribution in [1.29, 1.82) is 0 Å². The van der Waals surface area contributed by atoms with Crippen LogP contribution in [-0.2, 0) is 13.1 Å². The number of rotatable bonds is 11. The maximum Gasteiger partial charge on any atom is 0.347 e. The van der Waals surface area contributed by atoms with E-state index in [0.29, 0.717) is 6.54 Å². The third-order valence-electron chi connectivity index (χ3n) is 5.72. The van der Waals surface area contributed by atoms with E-state index in [1.54, 1.807) is 14.0 Å². The molecule has 2 heterocycles. The fourth-order valence-electron chi connectivity index (χ4n) is 3.95. The molecule has 0 saturated carbocycles. The van der Waals surface area contributed by atoms with Gasteiger partial charge in [0.05, 0.1) is 19.3 Å². The largest absolute Gasteiger partial charge is 0.495 e. The van der Waals surface area contributed by atoms with E-state index in [1.165, 1.54) is 0 Å². The van der Waals surface area contributed by atoms with Gasteiger partial charge in [-0.1, -0.05) is 12.1 Å². The highest BCUT2D eigenvalue weighted by molar-refractivity contribution is 5.58. The Balaban J connectivity index is 1.44. The minimum Gasteiger partial charge on any atom is -0.495 e. The fraction of sp³-hybridized carbons (Fsp3) is 0.591. The number of nitrogens with zero attached hydrogens (tertiary/aromatic N) is 5. The molecule has 1 aromatic heterocycles. The molecule has 2 aromatic rings. The van der Waals surface area contributed by atoms with Crippen LogP contribution in [-0.4, -0.2) is 72.3 Å². The van der Waals surface area contributed by atoms with Crippen LogP contribution < -0.4 is 26.2 Å². The van der Waals surface area contributed by atoms with Gasteiger partial charge in [0.25, 0.3) is 5.56 Å². The molecule has 10 heteroatoms. The van der Waals surface area contributed by atoms with E-state index in [2.05, 4.69) is 26.3 Å². The highest BCUT2D eigenvalue weighted by atomic mass is 19.1. The number of para-hydroxylation sites is 2. The van der Waals surface area contributed by atoms with Gasteiger partial charge in [-0.2, -0.15) is 0 Å². The van der Waals surface area contributed by atoms with E-state index >= 15 is 0 Å². The molecule has 0 unspecified atom stereocenters. The van der Waals surface area contributed by atoms with Crippen LogP contribution in [0.4, 0.5) is 15.9 Å². The Hall–Kier alpha value is -2.88. The minimum atomic E-state index is -0.710. The summed E-state index contributed by atoms with van der Waals surface area (Å²) in [7, 11) is 1.70. The lowest BCUT2D eigenvalue weighted by atomic mass is 10.2. The predicted octanol–water partition coefficient (Wildman–Crippen LogP) is 1.42. The molecule has 176 valence electrons. The number of aromatic nitrogens is 3. The van der Waals surface area contributed by atoms with Crippen LogP contribution in [0.15, 0.2) is 33.9 Å². The number of hydrogen-bond donors (Lipinski definition) is 1. The number of alkyl halides is 1. The number of methoxy groups -OCH3 is 1. The van der Waals surface area contributed by atoms with Crippen molar-refractivity contribution in [1.82, 2.24) is 19.2 Å². The van der Waals surface area contributed by atoms with Crippen molar-refractivity contribution in [2.24, 2.45) is 0 Å². The standard InChI is InChI=1S/C22H33FN6O3/c1-3-28-21(30)20(25-29(13-10-23)22(28)31)24-11-6-7-12-26-14-16-27(17-15-26)18-8-4-5-9-19(18)32-2/h4-5,8-9H,3,6-7,10-17H2,1-2H3,(H,24,25). The zero-order chi connectivity index (χ0) is 22.9. The van der Waals surface area contributed by atoms with Gasteiger partial charge in [-0.25, -0.2) is 13.9 Å². The van der Waals surface area contributed by atoms with E-state index in [4.69, 9.17) is 4.74 Å². The number of unbranched alkanes of at least 4 members (excludes halogenated alkanes) is 1. The van der Waals surface area contributed by atoms with Crippen LogP contribution in [0.3, 0.4) is 0 Å². The van der Waals surface area contributed by atoms with E-state index in [0.717, 1.165) is 66.3 Å². The molecule has 0 spiro atoms. The van der Waals surface area contributed by atoms with Gasteiger partial charge in [-0.15, -0.1) is 5.10 Å². The lowest BCUT2D eigenvalue weighted by Crippen LogP contribution is -2.46. The molecule has 0 bridgehead atoms. The zero-order valence-electron chi connectivity index (χ0n) is 18.9. The average molecular weight is 449 g/mol. The summed E-state index contributed by atoms with van der Waals surface area (Å²) in [5.41, 5.74) is 0.103. The summed E-state index contributed by atoms with van der Waals surface area (Å²) in [6.45, 7) is 6.50. The molecular weight excluding hydrogens is 415 g/mol. The summed E-state index contributed by atoms with van der Waals surface area (Å²) in [5.74, 6) is 1.01. The molecule has 1 saturated heterocycles. The number of benzene rings is 1. The normalized spacial score (nSPS) is 14.5. The van der Waals surface area contributed by atoms with E-state index in [-0.39, 0.29) is 18.9 Å². The van der Waals surface area contributed by atoms with Crippen LogP contribution in [0.25, 0.3) is 0 Å². The molecule has 32 heavy (non-hydrogen) atoms. The first-order chi connectivity index (χ1) is 15.6. The van der Waals surface area contributed by atoms with Crippen LogP contribution >= 0.6 is 0 Å². The van der Waals surface area contributed by atoms with Crippen molar-refractivity contribution in [3.63, 3.8) is 0 Å². The summed E-state index contributed by atoms with van der Waals surface area (Å²) < 4.78 is 20.3. The van der Waals surface area contributed by atoms with Gasteiger partial charge in [0, 0.05) is 39.3 Å². The Bertz CT molecular complexity index is 984. The molecule has 9 nitrogen and oxygen atoms in total. The third kappa shape index (κ3) is 5.67. The highest BCUT2D eigenvalue weighted by Crippen LogP contribution is 2.28. The van der Waals surface area contributed by atoms with Gasteiger partial charge in [0.15, 0.2) is 0 Å². The SMILES string of the molecule is CCn1c(=O)c(NCCCCN2CCN(c3ccccc3OC)CC2)nn(CCF)c1=O. The molecule has 0 atom stereocenters. The highest BCUT2D eigenvalue weighted by Gasteiger charge is 2.19. The van der Waals surface area contributed by atoms with Gasteiger partial charge in [0.1, 0.15) is 12.4 Å². The van der Waals surface area contributed by atoms with Gasteiger partial charge >= 0.3 is 5.69 Å². The molecule has 1 fully saturated rings. The second-order valence-electron chi connectivity index (χ2n) is 7.73. The Morgan fingerprint density at radius 1 is 1.09 bits per heavy atom. The minimum absolute atomic E-state index is 0.102. The zero-order valence-corrected chi connectivity index (χ0v) is 18.9. The number of halogens is 1. The molecule has 1 aromatic carbocycles. The summed E-state index contributed by atoms with van der Waals surface area (Å²) in [6.07, 6.45) is 1.84. The van der Waals surface area contributed by atoms with E-state index in [9.17, 15) is 14.0 Å². The molecular formula is C22H33FN6O3. The maximum absolute atomic E-state index is 12.7. The maximum atomic E-state index is 12.7. The van der Waals surface area contributed by atoms with Crippen molar-refractivity contribution in [2.75, 3.05) is 63.3 Å².